The SMILES string of the molecule is Cc1ccc(C(C)(c2ccccc2)c2ccccc2)c(O)c1C=NCC1CCCCC1. The standard InChI is InChI=1S/C29H33NO/c1-22-18-19-27(28(31)26(22)21-30-20-23-12-6-3-7-13-23)29(2,24-14-8-4-9-15-24)25-16-10-5-11-17-25/h4-5,8-11,14-19,21,23,31H,3,6-7,12-13,20H2,1-2H3. The molecule has 0 aliphatic heterocycles. The molecule has 1 fully saturated rings. The Morgan fingerprint density at radius 1 is 0.871 bits per heavy atom. The number of phenols is 1. The van der Waals surface area contributed by atoms with Crippen molar-refractivity contribution in [1.29, 1.82) is 0 Å². The van der Waals surface area contributed by atoms with Gasteiger partial charge in [-0.1, -0.05) is 92.1 Å². The van der Waals surface area contributed by atoms with Crippen LogP contribution in [0, 0.1) is 12.8 Å². The second-order valence-electron chi connectivity index (χ2n) is 9.05. The van der Waals surface area contributed by atoms with Gasteiger partial charge in [0.1, 0.15) is 5.75 Å². The quantitative estimate of drug-likeness (QED) is 0.342. The van der Waals surface area contributed by atoms with Gasteiger partial charge in [0.15, 0.2) is 0 Å². The lowest BCUT2D eigenvalue weighted by atomic mass is 9.70. The minimum Gasteiger partial charge on any atom is -0.507 e. The lowest BCUT2D eigenvalue weighted by molar-refractivity contribution is 0.367. The minimum atomic E-state index is -0.466. The summed E-state index contributed by atoms with van der Waals surface area (Å²) in [7, 11) is 0. The molecule has 4 rings (SSSR count). The van der Waals surface area contributed by atoms with Crippen molar-refractivity contribution in [2.24, 2.45) is 10.9 Å². The highest BCUT2D eigenvalue weighted by atomic mass is 16.3. The topological polar surface area (TPSA) is 32.6 Å². The Morgan fingerprint density at radius 2 is 1.45 bits per heavy atom. The molecule has 0 spiro atoms. The zero-order chi connectivity index (χ0) is 21.7. The molecule has 160 valence electrons. The number of hydrogen-bond donors (Lipinski definition) is 1. The van der Waals surface area contributed by atoms with E-state index in [9.17, 15) is 5.11 Å². The first-order valence-electron chi connectivity index (χ1n) is 11.5. The summed E-state index contributed by atoms with van der Waals surface area (Å²) in [6.45, 7) is 5.11. The van der Waals surface area contributed by atoms with Gasteiger partial charge in [0.25, 0.3) is 0 Å². The van der Waals surface area contributed by atoms with Crippen LogP contribution in [0.3, 0.4) is 0 Å². The van der Waals surface area contributed by atoms with Crippen LogP contribution in [0.25, 0.3) is 0 Å². The van der Waals surface area contributed by atoms with Crippen LogP contribution in [-0.2, 0) is 5.41 Å². The Balaban J connectivity index is 1.75. The highest BCUT2D eigenvalue weighted by Crippen LogP contribution is 2.44. The number of aryl methyl sites for hydroxylation is 1. The fourth-order valence-electron chi connectivity index (χ4n) is 4.96. The van der Waals surface area contributed by atoms with Gasteiger partial charge in [0.05, 0.1) is 0 Å². The predicted molar refractivity (Wildman–Crippen MR) is 130 cm³/mol. The number of aromatic hydroxyl groups is 1. The first-order chi connectivity index (χ1) is 15.1. The van der Waals surface area contributed by atoms with Gasteiger partial charge in [-0.05, 0) is 49.3 Å². The van der Waals surface area contributed by atoms with E-state index < -0.39 is 5.41 Å². The molecule has 1 aliphatic rings. The van der Waals surface area contributed by atoms with Gasteiger partial charge in [-0.15, -0.1) is 0 Å². The largest absolute Gasteiger partial charge is 0.507 e. The molecule has 3 aromatic carbocycles. The van der Waals surface area contributed by atoms with E-state index in [2.05, 4.69) is 67.6 Å². The fourth-order valence-corrected chi connectivity index (χ4v) is 4.96. The van der Waals surface area contributed by atoms with Gasteiger partial charge in [-0.2, -0.15) is 0 Å². The monoisotopic (exact) mass is 411 g/mol. The number of benzene rings is 3. The average molecular weight is 412 g/mol. The number of rotatable bonds is 6. The van der Waals surface area contributed by atoms with Gasteiger partial charge >= 0.3 is 0 Å². The summed E-state index contributed by atoms with van der Waals surface area (Å²) in [5.74, 6) is 1.03. The van der Waals surface area contributed by atoms with Crippen LogP contribution >= 0.6 is 0 Å². The molecule has 31 heavy (non-hydrogen) atoms. The molecule has 2 nitrogen and oxygen atoms in total. The summed E-state index contributed by atoms with van der Waals surface area (Å²) in [5.41, 5.74) is 4.65. The minimum absolute atomic E-state index is 0.336. The molecule has 0 amide bonds. The van der Waals surface area contributed by atoms with E-state index in [-0.39, 0.29) is 0 Å². The molecule has 0 heterocycles. The molecule has 0 saturated heterocycles. The van der Waals surface area contributed by atoms with E-state index >= 15 is 0 Å². The summed E-state index contributed by atoms with van der Waals surface area (Å²) in [4.78, 5) is 4.77. The molecule has 1 aliphatic carbocycles. The smallest absolute Gasteiger partial charge is 0.129 e. The van der Waals surface area contributed by atoms with E-state index in [1.54, 1.807) is 0 Å². The molecular weight excluding hydrogens is 378 g/mol. The zero-order valence-corrected chi connectivity index (χ0v) is 18.7. The summed E-state index contributed by atoms with van der Waals surface area (Å²) >= 11 is 0. The molecule has 0 unspecified atom stereocenters. The van der Waals surface area contributed by atoms with Crippen molar-refractivity contribution in [3.63, 3.8) is 0 Å². The van der Waals surface area contributed by atoms with Crippen molar-refractivity contribution >= 4 is 6.21 Å². The van der Waals surface area contributed by atoms with Crippen LogP contribution in [0.5, 0.6) is 5.75 Å². The number of phenolic OH excluding ortho intramolecular Hbond substituents is 1. The molecule has 1 saturated carbocycles. The van der Waals surface area contributed by atoms with Crippen LogP contribution in [0.4, 0.5) is 0 Å². The molecule has 3 aromatic rings. The molecule has 2 heteroatoms. The summed E-state index contributed by atoms with van der Waals surface area (Å²) < 4.78 is 0. The van der Waals surface area contributed by atoms with Crippen LogP contribution in [-0.4, -0.2) is 17.9 Å². The molecule has 0 radical (unpaired) electrons. The Hall–Kier alpha value is -2.87. The highest BCUT2D eigenvalue weighted by Gasteiger charge is 2.34. The Bertz CT molecular complexity index is 978. The summed E-state index contributed by atoms with van der Waals surface area (Å²) in [5, 5.41) is 11.5. The highest BCUT2D eigenvalue weighted by molar-refractivity contribution is 5.86. The molecular formula is C29H33NO. The van der Waals surface area contributed by atoms with Crippen LogP contribution in [0.15, 0.2) is 77.8 Å². The van der Waals surface area contributed by atoms with Crippen molar-refractivity contribution < 1.29 is 5.11 Å². The Morgan fingerprint density at radius 3 is 2.03 bits per heavy atom. The first-order valence-corrected chi connectivity index (χ1v) is 11.5. The maximum Gasteiger partial charge on any atom is 0.129 e. The second-order valence-corrected chi connectivity index (χ2v) is 9.05. The van der Waals surface area contributed by atoms with Crippen LogP contribution < -0.4 is 0 Å². The summed E-state index contributed by atoms with van der Waals surface area (Å²) in [6, 6.07) is 25.1. The molecule has 0 bridgehead atoms. The van der Waals surface area contributed by atoms with Crippen molar-refractivity contribution in [3.05, 3.63) is 101 Å². The first kappa shape index (κ1) is 21.4. The number of nitrogens with zero attached hydrogens (tertiary/aromatic N) is 1. The second kappa shape index (κ2) is 9.51. The van der Waals surface area contributed by atoms with Gasteiger partial charge in [-0.3, -0.25) is 4.99 Å². The third-order valence-electron chi connectivity index (χ3n) is 6.98. The normalized spacial score (nSPS) is 15.4. The van der Waals surface area contributed by atoms with E-state index in [1.165, 1.54) is 32.1 Å². The molecule has 0 atom stereocenters. The van der Waals surface area contributed by atoms with Crippen molar-refractivity contribution in [1.82, 2.24) is 0 Å². The maximum absolute atomic E-state index is 11.5. The van der Waals surface area contributed by atoms with Gasteiger partial charge in [0, 0.05) is 29.3 Å². The van der Waals surface area contributed by atoms with Crippen molar-refractivity contribution in [2.75, 3.05) is 6.54 Å². The third kappa shape index (κ3) is 4.44. The third-order valence-corrected chi connectivity index (χ3v) is 6.98. The van der Waals surface area contributed by atoms with Crippen molar-refractivity contribution in [2.45, 2.75) is 51.4 Å². The predicted octanol–water partition coefficient (Wildman–Crippen LogP) is 7.05. The van der Waals surface area contributed by atoms with Gasteiger partial charge in [0.2, 0.25) is 0 Å². The maximum atomic E-state index is 11.5. The Kier molecular flexibility index (Phi) is 6.56. The van der Waals surface area contributed by atoms with Gasteiger partial charge < -0.3 is 5.11 Å². The zero-order valence-electron chi connectivity index (χ0n) is 18.7. The van der Waals surface area contributed by atoms with Gasteiger partial charge in [-0.25, -0.2) is 0 Å². The molecule has 0 aromatic heterocycles. The molecule has 1 N–H and O–H groups in total. The fraction of sp³-hybridized carbons (Fsp3) is 0.345. The lowest BCUT2D eigenvalue weighted by Gasteiger charge is -2.33. The number of hydrogen-bond acceptors (Lipinski definition) is 2. The number of aliphatic imine (C=N–C) groups is 1. The van der Waals surface area contributed by atoms with E-state index in [4.69, 9.17) is 4.99 Å². The Labute approximate surface area is 186 Å². The lowest BCUT2D eigenvalue weighted by Crippen LogP contribution is -2.26. The van der Waals surface area contributed by atoms with Crippen LogP contribution in [0.1, 0.15) is 66.8 Å². The van der Waals surface area contributed by atoms with E-state index in [0.29, 0.717) is 11.7 Å². The van der Waals surface area contributed by atoms with Crippen LogP contribution in [0.2, 0.25) is 0 Å². The van der Waals surface area contributed by atoms with E-state index in [1.807, 2.05) is 25.3 Å². The average Bonchev–Trinajstić information content (AvgIpc) is 2.82. The van der Waals surface area contributed by atoms with E-state index in [0.717, 1.165) is 34.4 Å². The summed E-state index contributed by atoms with van der Waals surface area (Å²) in [6.07, 6.45) is 8.47. The van der Waals surface area contributed by atoms with Crippen molar-refractivity contribution in [3.8, 4) is 5.75 Å².